The SMILES string of the molecule is c1cc(-c2cnc(C3CCCNC3)nc2)c2cc[nH]c2n1. The number of aromatic amines is 1. The molecule has 1 unspecified atom stereocenters. The summed E-state index contributed by atoms with van der Waals surface area (Å²) in [6, 6.07) is 4.05. The van der Waals surface area contributed by atoms with Gasteiger partial charge in [0.1, 0.15) is 11.5 Å². The van der Waals surface area contributed by atoms with Gasteiger partial charge in [0.2, 0.25) is 0 Å². The maximum atomic E-state index is 4.59. The molecule has 1 fully saturated rings. The third-order valence-electron chi connectivity index (χ3n) is 4.11. The van der Waals surface area contributed by atoms with E-state index < -0.39 is 0 Å². The molecule has 4 rings (SSSR count). The predicted molar refractivity (Wildman–Crippen MR) is 82.0 cm³/mol. The van der Waals surface area contributed by atoms with E-state index in [1.807, 2.05) is 36.9 Å². The summed E-state index contributed by atoms with van der Waals surface area (Å²) in [5, 5.41) is 4.51. The van der Waals surface area contributed by atoms with Gasteiger partial charge in [0.15, 0.2) is 0 Å². The summed E-state index contributed by atoms with van der Waals surface area (Å²) in [5.74, 6) is 1.39. The van der Waals surface area contributed by atoms with Crippen molar-refractivity contribution in [3.05, 3.63) is 42.7 Å². The fourth-order valence-electron chi connectivity index (χ4n) is 2.97. The Labute approximate surface area is 122 Å². The first-order valence-corrected chi connectivity index (χ1v) is 7.37. The zero-order valence-electron chi connectivity index (χ0n) is 11.7. The van der Waals surface area contributed by atoms with Crippen molar-refractivity contribution < 1.29 is 0 Å². The van der Waals surface area contributed by atoms with Crippen LogP contribution < -0.4 is 5.32 Å². The van der Waals surface area contributed by atoms with Crippen molar-refractivity contribution in [2.45, 2.75) is 18.8 Å². The third-order valence-corrected chi connectivity index (χ3v) is 4.11. The van der Waals surface area contributed by atoms with Gasteiger partial charge in [-0.25, -0.2) is 15.0 Å². The summed E-state index contributed by atoms with van der Waals surface area (Å²) in [4.78, 5) is 16.6. The largest absolute Gasteiger partial charge is 0.346 e. The van der Waals surface area contributed by atoms with Gasteiger partial charge in [-0.2, -0.15) is 0 Å². The van der Waals surface area contributed by atoms with E-state index in [1.54, 1.807) is 0 Å². The Hall–Kier alpha value is -2.27. The minimum atomic E-state index is 0.442. The van der Waals surface area contributed by atoms with Gasteiger partial charge in [-0.15, -0.1) is 0 Å². The zero-order valence-corrected chi connectivity index (χ0v) is 11.7. The van der Waals surface area contributed by atoms with Crippen molar-refractivity contribution in [3.63, 3.8) is 0 Å². The van der Waals surface area contributed by atoms with Gasteiger partial charge in [0, 0.05) is 48.2 Å². The van der Waals surface area contributed by atoms with Gasteiger partial charge in [-0.1, -0.05) is 0 Å². The highest BCUT2D eigenvalue weighted by atomic mass is 14.9. The molecule has 0 bridgehead atoms. The maximum absolute atomic E-state index is 4.59. The molecule has 3 aromatic rings. The smallest absolute Gasteiger partial charge is 0.137 e. The highest BCUT2D eigenvalue weighted by Gasteiger charge is 2.17. The highest BCUT2D eigenvalue weighted by molar-refractivity contribution is 5.92. The molecule has 4 heterocycles. The minimum absolute atomic E-state index is 0.442. The molecular weight excluding hydrogens is 262 g/mol. The van der Waals surface area contributed by atoms with Gasteiger partial charge in [0.05, 0.1) is 0 Å². The van der Waals surface area contributed by atoms with Gasteiger partial charge in [0.25, 0.3) is 0 Å². The molecule has 0 spiro atoms. The van der Waals surface area contributed by atoms with Crippen LogP contribution in [0.1, 0.15) is 24.6 Å². The number of fused-ring (bicyclic) bond motifs is 1. The monoisotopic (exact) mass is 279 g/mol. The summed E-state index contributed by atoms with van der Waals surface area (Å²) < 4.78 is 0. The summed E-state index contributed by atoms with van der Waals surface area (Å²) in [7, 11) is 0. The normalized spacial score (nSPS) is 19.0. The summed E-state index contributed by atoms with van der Waals surface area (Å²) in [6.45, 7) is 2.09. The number of aromatic nitrogens is 4. The molecule has 3 aromatic heterocycles. The number of hydrogen-bond acceptors (Lipinski definition) is 4. The zero-order chi connectivity index (χ0) is 14.1. The lowest BCUT2D eigenvalue weighted by Gasteiger charge is -2.21. The Morgan fingerprint density at radius 1 is 1.10 bits per heavy atom. The van der Waals surface area contributed by atoms with Crippen LogP contribution in [0.2, 0.25) is 0 Å². The molecule has 5 nitrogen and oxygen atoms in total. The van der Waals surface area contributed by atoms with Crippen LogP contribution in [-0.4, -0.2) is 33.0 Å². The fraction of sp³-hybridized carbons (Fsp3) is 0.312. The molecule has 0 aliphatic carbocycles. The molecule has 1 saturated heterocycles. The molecule has 0 amide bonds. The van der Waals surface area contributed by atoms with E-state index >= 15 is 0 Å². The van der Waals surface area contributed by atoms with E-state index in [2.05, 4.69) is 25.3 Å². The molecule has 1 atom stereocenters. The van der Waals surface area contributed by atoms with Gasteiger partial charge in [-0.3, -0.25) is 0 Å². The molecule has 0 radical (unpaired) electrons. The second-order valence-electron chi connectivity index (χ2n) is 5.47. The Morgan fingerprint density at radius 3 is 2.81 bits per heavy atom. The Balaban J connectivity index is 1.68. The number of hydrogen-bond donors (Lipinski definition) is 2. The second-order valence-corrected chi connectivity index (χ2v) is 5.47. The van der Waals surface area contributed by atoms with Gasteiger partial charge in [-0.05, 0) is 37.1 Å². The van der Waals surface area contributed by atoms with Crippen molar-refractivity contribution >= 4 is 11.0 Å². The van der Waals surface area contributed by atoms with Crippen molar-refractivity contribution in [2.24, 2.45) is 0 Å². The van der Waals surface area contributed by atoms with Crippen LogP contribution in [0.3, 0.4) is 0 Å². The number of piperidine rings is 1. The molecule has 1 aliphatic heterocycles. The minimum Gasteiger partial charge on any atom is -0.346 e. The Bertz CT molecular complexity index is 741. The molecule has 1 aliphatic rings. The molecule has 21 heavy (non-hydrogen) atoms. The van der Waals surface area contributed by atoms with Gasteiger partial charge < -0.3 is 10.3 Å². The van der Waals surface area contributed by atoms with Crippen LogP contribution in [0.25, 0.3) is 22.2 Å². The van der Waals surface area contributed by atoms with Crippen LogP contribution in [0.15, 0.2) is 36.9 Å². The summed E-state index contributed by atoms with van der Waals surface area (Å²) >= 11 is 0. The second kappa shape index (κ2) is 5.26. The van der Waals surface area contributed by atoms with Crippen molar-refractivity contribution in [1.29, 1.82) is 0 Å². The van der Waals surface area contributed by atoms with Crippen molar-refractivity contribution in [1.82, 2.24) is 25.3 Å². The molecule has 0 aromatic carbocycles. The number of H-pyrrole nitrogens is 1. The molecule has 5 heteroatoms. The highest BCUT2D eigenvalue weighted by Crippen LogP contribution is 2.27. The lowest BCUT2D eigenvalue weighted by atomic mass is 9.98. The quantitative estimate of drug-likeness (QED) is 0.756. The Kier molecular flexibility index (Phi) is 3.12. The summed E-state index contributed by atoms with van der Waals surface area (Å²) in [5.41, 5.74) is 3.05. The maximum Gasteiger partial charge on any atom is 0.137 e. The van der Waals surface area contributed by atoms with Crippen LogP contribution in [-0.2, 0) is 0 Å². The predicted octanol–water partition coefficient (Wildman–Crippen LogP) is 2.49. The standard InChI is InChI=1S/C16H17N5/c1-2-11(8-17-5-1)15-20-9-12(10-21-15)13-3-6-18-16-14(13)4-7-19-16/h3-4,6-7,9-11,17H,1-2,5,8H2,(H,18,19). The number of pyridine rings is 1. The topological polar surface area (TPSA) is 66.5 Å². The number of nitrogens with zero attached hydrogens (tertiary/aromatic N) is 3. The van der Waals surface area contributed by atoms with E-state index in [4.69, 9.17) is 0 Å². The van der Waals surface area contributed by atoms with E-state index in [0.717, 1.165) is 41.1 Å². The Morgan fingerprint density at radius 2 is 2.00 bits per heavy atom. The van der Waals surface area contributed by atoms with Crippen LogP contribution >= 0.6 is 0 Å². The first-order valence-electron chi connectivity index (χ1n) is 7.37. The van der Waals surface area contributed by atoms with E-state index in [9.17, 15) is 0 Å². The van der Waals surface area contributed by atoms with Crippen LogP contribution in [0.4, 0.5) is 0 Å². The van der Waals surface area contributed by atoms with Crippen molar-refractivity contribution in [2.75, 3.05) is 13.1 Å². The first kappa shape index (κ1) is 12.5. The van der Waals surface area contributed by atoms with E-state index in [0.29, 0.717) is 5.92 Å². The average Bonchev–Trinajstić information content (AvgIpc) is 3.04. The van der Waals surface area contributed by atoms with E-state index in [1.165, 1.54) is 12.8 Å². The lowest BCUT2D eigenvalue weighted by molar-refractivity contribution is 0.446. The molecular formula is C16H17N5. The number of nitrogens with one attached hydrogen (secondary N) is 2. The van der Waals surface area contributed by atoms with Crippen LogP contribution in [0.5, 0.6) is 0 Å². The van der Waals surface area contributed by atoms with Gasteiger partial charge >= 0.3 is 0 Å². The molecule has 0 saturated carbocycles. The number of rotatable bonds is 2. The van der Waals surface area contributed by atoms with Crippen LogP contribution in [0, 0.1) is 0 Å². The summed E-state index contributed by atoms with van der Waals surface area (Å²) in [6.07, 6.45) is 9.95. The molecule has 106 valence electrons. The average molecular weight is 279 g/mol. The third kappa shape index (κ3) is 2.29. The molecule has 2 N–H and O–H groups in total. The first-order chi connectivity index (χ1) is 10.4. The van der Waals surface area contributed by atoms with E-state index in [-0.39, 0.29) is 0 Å². The van der Waals surface area contributed by atoms with Crippen molar-refractivity contribution in [3.8, 4) is 11.1 Å². The lowest BCUT2D eigenvalue weighted by Crippen LogP contribution is -2.29. The fourth-order valence-corrected chi connectivity index (χ4v) is 2.97.